The molecule has 5 unspecified atom stereocenters. The lowest BCUT2D eigenvalue weighted by Gasteiger charge is -2.24. The van der Waals surface area contributed by atoms with Crippen molar-refractivity contribution >= 4 is 23.7 Å². The van der Waals surface area contributed by atoms with Crippen LogP contribution in [0.5, 0.6) is 0 Å². The van der Waals surface area contributed by atoms with Crippen LogP contribution in [0.15, 0.2) is 12.5 Å². The maximum Gasteiger partial charge on any atom is 0.328 e. The normalized spacial score (nSPS) is 16.0. The van der Waals surface area contributed by atoms with Crippen molar-refractivity contribution in [2.24, 2.45) is 5.73 Å². The van der Waals surface area contributed by atoms with Crippen LogP contribution in [0.3, 0.4) is 0 Å². The number of aliphatic hydroxyl groups excluding tert-OH is 2. The number of aliphatic hydroxyl groups is 2. The van der Waals surface area contributed by atoms with Crippen LogP contribution in [0.1, 0.15) is 19.5 Å². The van der Waals surface area contributed by atoms with Crippen LogP contribution < -0.4 is 21.7 Å². The number of aromatic nitrogens is 2. The number of hydrogen-bond acceptors (Lipinski definition) is 8. The second kappa shape index (κ2) is 11.1. The molecule has 162 valence electrons. The van der Waals surface area contributed by atoms with Crippen LogP contribution in [0.4, 0.5) is 0 Å². The van der Waals surface area contributed by atoms with Crippen molar-refractivity contribution in [3.05, 3.63) is 18.2 Å². The highest BCUT2D eigenvalue weighted by Crippen LogP contribution is 2.01. The maximum absolute atomic E-state index is 12.6. The van der Waals surface area contributed by atoms with Crippen LogP contribution in [-0.2, 0) is 25.6 Å². The smallest absolute Gasteiger partial charge is 0.328 e. The molecule has 1 aromatic rings. The van der Waals surface area contributed by atoms with Gasteiger partial charge in [0, 0.05) is 18.3 Å². The summed E-state index contributed by atoms with van der Waals surface area (Å²) in [6, 6.07) is -5.19. The summed E-state index contributed by atoms with van der Waals surface area (Å²) in [4.78, 5) is 54.4. The zero-order valence-corrected chi connectivity index (χ0v) is 16.0. The standard InChI is InChI=1S/C16H26N6O7/c1-7(17)13(25)20-10(3-9-4-18-6-19-9)14(26)21-11(5-23)15(27)22-12(8(2)24)16(28)29/h4,6-8,10-12,23-24H,3,5,17H2,1-2H3,(H,18,19)(H,20,25)(H,21,26)(H,22,27)(H,28,29). The number of hydrogen-bond donors (Lipinski definition) is 8. The Labute approximate surface area is 166 Å². The molecule has 0 aromatic carbocycles. The Morgan fingerprint density at radius 3 is 2.14 bits per heavy atom. The van der Waals surface area contributed by atoms with Crippen LogP contribution in [0.25, 0.3) is 0 Å². The first kappa shape index (κ1) is 24.0. The SMILES string of the molecule is CC(N)C(=O)NC(Cc1cnc[nH]1)C(=O)NC(CO)C(=O)NC(C(=O)O)C(C)O. The number of carbonyl (C=O) groups is 4. The minimum Gasteiger partial charge on any atom is -0.480 e. The molecule has 1 heterocycles. The number of amides is 3. The summed E-state index contributed by atoms with van der Waals surface area (Å²) in [5, 5.41) is 34.6. The van der Waals surface area contributed by atoms with Gasteiger partial charge in [-0.15, -0.1) is 0 Å². The second-order valence-electron chi connectivity index (χ2n) is 6.44. The van der Waals surface area contributed by atoms with Crippen LogP contribution in [0, 0.1) is 0 Å². The van der Waals surface area contributed by atoms with Gasteiger partial charge < -0.3 is 42.0 Å². The molecule has 0 fully saturated rings. The summed E-state index contributed by atoms with van der Waals surface area (Å²) in [7, 11) is 0. The van der Waals surface area contributed by atoms with Gasteiger partial charge in [-0.3, -0.25) is 14.4 Å². The number of imidazole rings is 1. The molecule has 0 radical (unpaired) electrons. The van der Waals surface area contributed by atoms with Crippen LogP contribution >= 0.6 is 0 Å². The average molecular weight is 414 g/mol. The molecule has 0 bridgehead atoms. The van der Waals surface area contributed by atoms with E-state index in [1.54, 1.807) is 0 Å². The first-order valence-electron chi connectivity index (χ1n) is 8.72. The summed E-state index contributed by atoms with van der Waals surface area (Å²) in [6.07, 6.45) is 1.40. The van der Waals surface area contributed by atoms with Gasteiger partial charge >= 0.3 is 5.97 Å². The quantitative estimate of drug-likeness (QED) is 0.178. The fourth-order valence-corrected chi connectivity index (χ4v) is 2.24. The molecule has 1 rings (SSSR count). The number of nitrogens with one attached hydrogen (secondary N) is 4. The summed E-state index contributed by atoms with van der Waals surface area (Å²) in [5.74, 6) is -3.94. The van der Waals surface area contributed by atoms with Gasteiger partial charge in [0.05, 0.1) is 25.1 Å². The first-order chi connectivity index (χ1) is 13.6. The van der Waals surface area contributed by atoms with Crippen molar-refractivity contribution in [3.8, 4) is 0 Å². The summed E-state index contributed by atoms with van der Waals surface area (Å²) in [6.45, 7) is 1.74. The number of H-pyrrole nitrogens is 1. The molecule has 9 N–H and O–H groups in total. The Kier molecular flexibility index (Phi) is 9.18. The molecule has 0 aliphatic rings. The number of carboxylic acid groups (broad SMARTS) is 1. The number of nitrogens with zero attached hydrogens (tertiary/aromatic N) is 1. The predicted molar refractivity (Wildman–Crippen MR) is 98.1 cm³/mol. The third-order valence-corrected chi connectivity index (χ3v) is 3.89. The third kappa shape index (κ3) is 7.48. The number of rotatable bonds is 11. The van der Waals surface area contributed by atoms with Gasteiger partial charge in [-0.05, 0) is 13.8 Å². The van der Waals surface area contributed by atoms with E-state index in [2.05, 4.69) is 20.6 Å². The van der Waals surface area contributed by atoms with E-state index in [9.17, 15) is 29.4 Å². The Morgan fingerprint density at radius 2 is 1.69 bits per heavy atom. The van der Waals surface area contributed by atoms with Crippen molar-refractivity contribution in [1.29, 1.82) is 0 Å². The Bertz CT molecular complexity index is 707. The Balaban J connectivity index is 2.89. The minimum absolute atomic E-state index is 0.00448. The number of carboxylic acids is 1. The van der Waals surface area contributed by atoms with E-state index >= 15 is 0 Å². The maximum atomic E-state index is 12.6. The second-order valence-corrected chi connectivity index (χ2v) is 6.44. The van der Waals surface area contributed by atoms with E-state index in [1.165, 1.54) is 19.4 Å². The van der Waals surface area contributed by atoms with Crippen molar-refractivity contribution in [2.75, 3.05) is 6.61 Å². The van der Waals surface area contributed by atoms with Crippen molar-refractivity contribution in [2.45, 2.75) is 50.5 Å². The molecule has 3 amide bonds. The molecule has 29 heavy (non-hydrogen) atoms. The van der Waals surface area contributed by atoms with E-state index in [4.69, 9.17) is 10.8 Å². The Hall–Kier alpha value is -3.03. The highest BCUT2D eigenvalue weighted by molar-refractivity contribution is 5.94. The summed E-state index contributed by atoms with van der Waals surface area (Å²) in [5.41, 5.74) is 6.01. The fourth-order valence-electron chi connectivity index (χ4n) is 2.24. The summed E-state index contributed by atoms with van der Waals surface area (Å²) < 4.78 is 0. The molecule has 0 spiro atoms. The number of nitrogens with two attached hydrogens (primary N) is 1. The van der Waals surface area contributed by atoms with E-state index in [1.807, 2.05) is 5.32 Å². The topological polar surface area (TPSA) is 220 Å². The number of aliphatic carboxylic acids is 1. The zero-order chi connectivity index (χ0) is 22.1. The zero-order valence-electron chi connectivity index (χ0n) is 16.0. The van der Waals surface area contributed by atoms with Gasteiger partial charge in [-0.2, -0.15) is 0 Å². The van der Waals surface area contributed by atoms with E-state index in [0.717, 1.165) is 6.92 Å². The molecule has 0 saturated carbocycles. The molecule has 0 aliphatic heterocycles. The first-order valence-corrected chi connectivity index (χ1v) is 8.72. The Morgan fingerprint density at radius 1 is 1.10 bits per heavy atom. The molecule has 0 saturated heterocycles. The molecular weight excluding hydrogens is 388 g/mol. The average Bonchev–Trinajstić information content (AvgIpc) is 3.15. The van der Waals surface area contributed by atoms with Gasteiger partial charge in [-0.25, -0.2) is 9.78 Å². The predicted octanol–water partition coefficient (Wildman–Crippen LogP) is -3.79. The van der Waals surface area contributed by atoms with Gasteiger partial charge in [0.25, 0.3) is 0 Å². The molecule has 0 aliphatic carbocycles. The van der Waals surface area contributed by atoms with E-state index in [0.29, 0.717) is 5.69 Å². The van der Waals surface area contributed by atoms with Gasteiger partial charge in [0.2, 0.25) is 17.7 Å². The van der Waals surface area contributed by atoms with Crippen LogP contribution in [0.2, 0.25) is 0 Å². The van der Waals surface area contributed by atoms with Gasteiger partial charge in [0.15, 0.2) is 6.04 Å². The fraction of sp³-hybridized carbons (Fsp3) is 0.562. The lowest BCUT2D eigenvalue weighted by atomic mass is 10.1. The summed E-state index contributed by atoms with van der Waals surface area (Å²) >= 11 is 0. The lowest BCUT2D eigenvalue weighted by molar-refractivity contribution is -0.145. The largest absolute Gasteiger partial charge is 0.480 e. The number of aromatic amines is 1. The van der Waals surface area contributed by atoms with Gasteiger partial charge in [0.1, 0.15) is 12.1 Å². The van der Waals surface area contributed by atoms with Crippen molar-refractivity contribution in [3.63, 3.8) is 0 Å². The molecule has 13 heteroatoms. The number of carbonyl (C=O) groups excluding carboxylic acids is 3. The van der Waals surface area contributed by atoms with Crippen LogP contribution in [-0.4, -0.2) is 85.9 Å². The molecule has 1 aromatic heterocycles. The highest BCUT2D eigenvalue weighted by Gasteiger charge is 2.31. The van der Waals surface area contributed by atoms with E-state index in [-0.39, 0.29) is 6.42 Å². The minimum atomic E-state index is -1.63. The monoisotopic (exact) mass is 414 g/mol. The lowest BCUT2D eigenvalue weighted by Crippen LogP contribution is -2.59. The molecular formula is C16H26N6O7. The van der Waals surface area contributed by atoms with E-state index < -0.39 is 60.6 Å². The molecule has 13 nitrogen and oxygen atoms in total. The third-order valence-electron chi connectivity index (χ3n) is 3.89. The molecule has 5 atom stereocenters. The highest BCUT2D eigenvalue weighted by atomic mass is 16.4. The van der Waals surface area contributed by atoms with Crippen molar-refractivity contribution < 1.29 is 34.5 Å². The van der Waals surface area contributed by atoms with Gasteiger partial charge in [-0.1, -0.05) is 0 Å². The van der Waals surface area contributed by atoms with Crippen molar-refractivity contribution in [1.82, 2.24) is 25.9 Å².